The highest BCUT2D eigenvalue weighted by Crippen LogP contribution is 2.30. The van der Waals surface area contributed by atoms with E-state index in [0.29, 0.717) is 30.7 Å². The summed E-state index contributed by atoms with van der Waals surface area (Å²) in [5, 5.41) is 51.6. The van der Waals surface area contributed by atoms with Crippen molar-refractivity contribution in [1.29, 1.82) is 0 Å². The van der Waals surface area contributed by atoms with Crippen LogP contribution >= 0.6 is 0 Å². The Balaban J connectivity index is 0.000000853. The van der Waals surface area contributed by atoms with E-state index in [0.717, 1.165) is 58.3 Å². The van der Waals surface area contributed by atoms with E-state index in [1.54, 1.807) is 12.1 Å². The molecule has 1 unspecified atom stereocenters. The minimum absolute atomic E-state index is 0.0119. The first-order valence-corrected chi connectivity index (χ1v) is 16.8. The fourth-order valence-electron chi connectivity index (χ4n) is 6.16. The maximum absolute atomic E-state index is 13.9. The Morgan fingerprint density at radius 2 is 1.14 bits per heavy atom. The Labute approximate surface area is 286 Å². The monoisotopic (exact) mass is 696 g/mol. The van der Waals surface area contributed by atoms with Crippen LogP contribution in [0.2, 0.25) is 0 Å². The van der Waals surface area contributed by atoms with Crippen molar-refractivity contribution >= 4 is 35.5 Å². The maximum Gasteiger partial charge on any atom is 0.414 e. The van der Waals surface area contributed by atoms with Gasteiger partial charge in [0, 0.05) is 37.3 Å². The maximum atomic E-state index is 13.9. The number of amides is 1. The van der Waals surface area contributed by atoms with Gasteiger partial charge in [-0.15, -0.1) is 0 Å². The number of rotatable bonds is 14. The van der Waals surface area contributed by atoms with Crippen LogP contribution in [0, 0.1) is 10.1 Å². The number of aliphatic hydroxyl groups excluding tert-OH is 1. The van der Waals surface area contributed by atoms with Crippen LogP contribution in [0.5, 0.6) is 0 Å². The lowest BCUT2D eigenvalue weighted by Gasteiger charge is -2.42. The molecule has 1 atom stereocenters. The number of nitro benzene ring substituents is 1. The second kappa shape index (κ2) is 23.2. The van der Waals surface area contributed by atoms with E-state index in [2.05, 4.69) is 28.5 Å². The van der Waals surface area contributed by atoms with E-state index in [4.69, 9.17) is 39.6 Å². The van der Waals surface area contributed by atoms with Crippen LogP contribution in [0.3, 0.4) is 0 Å². The minimum atomic E-state index is -1.82. The average molecular weight is 697 g/mol. The highest BCUT2D eigenvalue weighted by molar-refractivity contribution is 6.27. The summed E-state index contributed by atoms with van der Waals surface area (Å²) in [7, 11) is 0. The zero-order valence-corrected chi connectivity index (χ0v) is 28.4. The highest BCUT2D eigenvalue weighted by Gasteiger charge is 2.33. The van der Waals surface area contributed by atoms with Gasteiger partial charge >= 0.3 is 23.9 Å². The molecule has 2 saturated carbocycles. The molecule has 0 heterocycles. The van der Waals surface area contributed by atoms with Gasteiger partial charge in [-0.25, -0.2) is 19.2 Å². The van der Waals surface area contributed by atoms with Gasteiger partial charge in [0.15, 0.2) is 0 Å². The van der Waals surface area contributed by atoms with Crippen molar-refractivity contribution in [2.45, 2.75) is 103 Å². The number of hydrogen-bond acceptors (Lipinski definition) is 10. The van der Waals surface area contributed by atoms with E-state index in [1.165, 1.54) is 50.7 Å². The van der Waals surface area contributed by atoms with Crippen LogP contribution in [0.15, 0.2) is 24.3 Å². The third kappa shape index (κ3) is 16.7. The standard InChI is InChI=1S/C29H48N4O4.2C2H2O4/c1-3-30(4-2)20-11-21-31(22-28(34)24-16-18-27(19-17-24)33(36)37)23-29(35)32(25-12-7-5-8-13-25)26-14-9-6-10-15-26;2*3-1(4)2(5)6/h16-19,25-26,28,34H,3-15,20-23H2,1-2H3;2*(H,3,4)(H,5,6). The Morgan fingerprint density at radius 3 is 1.51 bits per heavy atom. The lowest BCUT2D eigenvalue weighted by molar-refractivity contribution is -0.384. The van der Waals surface area contributed by atoms with Crippen molar-refractivity contribution in [3.8, 4) is 0 Å². The summed E-state index contributed by atoms with van der Waals surface area (Å²) in [6, 6.07) is 6.80. The third-order valence-electron chi connectivity index (χ3n) is 8.71. The number of carbonyl (C=O) groups excluding carboxylic acids is 1. The van der Waals surface area contributed by atoms with Gasteiger partial charge in [-0.3, -0.25) is 19.8 Å². The molecule has 16 heteroatoms. The number of carboxylic acid groups (broad SMARTS) is 4. The quantitative estimate of drug-likeness (QED) is 0.106. The smallest absolute Gasteiger partial charge is 0.414 e. The van der Waals surface area contributed by atoms with Gasteiger partial charge in [0.05, 0.1) is 17.6 Å². The molecule has 1 aromatic rings. The fourth-order valence-corrected chi connectivity index (χ4v) is 6.16. The number of nitro groups is 1. The van der Waals surface area contributed by atoms with Crippen molar-refractivity contribution in [2.24, 2.45) is 0 Å². The molecule has 0 aliphatic heterocycles. The molecule has 5 N–H and O–H groups in total. The van der Waals surface area contributed by atoms with E-state index in [1.807, 2.05) is 0 Å². The van der Waals surface area contributed by atoms with Crippen LogP contribution in [-0.4, -0.2) is 126 Å². The lowest BCUT2D eigenvalue weighted by atomic mass is 9.88. The van der Waals surface area contributed by atoms with Crippen LogP contribution in [0.25, 0.3) is 0 Å². The van der Waals surface area contributed by atoms with Gasteiger partial charge in [-0.2, -0.15) is 0 Å². The van der Waals surface area contributed by atoms with Gasteiger partial charge < -0.3 is 35.3 Å². The number of carboxylic acids is 4. The number of aliphatic hydroxyl groups is 1. The predicted molar refractivity (Wildman–Crippen MR) is 178 cm³/mol. The molecule has 49 heavy (non-hydrogen) atoms. The number of aliphatic carboxylic acids is 4. The molecule has 1 aromatic carbocycles. The number of nitrogens with zero attached hydrogens (tertiary/aromatic N) is 4. The van der Waals surface area contributed by atoms with Crippen molar-refractivity contribution in [3.05, 3.63) is 39.9 Å². The molecule has 3 rings (SSSR count). The van der Waals surface area contributed by atoms with Gasteiger partial charge in [0.1, 0.15) is 0 Å². The molecule has 2 aliphatic rings. The van der Waals surface area contributed by atoms with E-state index in [9.17, 15) is 20.0 Å². The van der Waals surface area contributed by atoms with Crippen LogP contribution in [-0.2, 0) is 24.0 Å². The predicted octanol–water partition coefficient (Wildman–Crippen LogP) is 3.47. The molecule has 1 amide bonds. The Hall–Kier alpha value is -4.15. The lowest BCUT2D eigenvalue weighted by Crippen LogP contribution is -2.52. The summed E-state index contributed by atoms with van der Waals surface area (Å²) in [4.78, 5) is 67.6. The third-order valence-corrected chi connectivity index (χ3v) is 8.71. The largest absolute Gasteiger partial charge is 0.473 e. The first-order valence-electron chi connectivity index (χ1n) is 16.8. The average Bonchev–Trinajstić information content (AvgIpc) is 3.08. The van der Waals surface area contributed by atoms with Crippen LogP contribution in [0.4, 0.5) is 5.69 Å². The van der Waals surface area contributed by atoms with Crippen LogP contribution < -0.4 is 0 Å². The van der Waals surface area contributed by atoms with Crippen LogP contribution in [0.1, 0.15) is 96.1 Å². The summed E-state index contributed by atoms with van der Waals surface area (Å²) < 4.78 is 0. The normalized spacial score (nSPS) is 15.6. The molecule has 0 saturated heterocycles. The number of benzene rings is 1. The van der Waals surface area contributed by atoms with Crippen molar-refractivity contribution in [2.75, 3.05) is 39.3 Å². The van der Waals surface area contributed by atoms with Gasteiger partial charge in [-0.05, 0) is 69.4 Å². The van der Waals surface area contributed by atoms with Crippen molar-refractivity contribution in [3.63, 3.8) is 0 Å². The number of carbonyl (C=O) groups is 5. The zero-order valence-electron chi connectivity index (χ0n) is 28.4. The van der Waals surface area contributed by atoms with E-state index in [-0.39, 0.29) is 11.6 Å². The number of hydrogen-bond donors (Lipinski definition) is 5. The minimum Gasteiger partial charge on any atom is -0.473 e. The Kier molecular flexibility index (Phi) is 20.3. The summed E-state index contributed by atoms with van der Waals surface area (Å²) in [6.07, 6.45) is 11.9. The SMILES string of the molecule is CCN(CC)CCCN(CC(=O)N(C1CCCCC1)C1CCCCC1)CC(O)c1ccc([N+](=O)[O-])cc1.O=C(O)C(=O)O.O=C(O)C(=O)O. The zero-order chi connectivity index (χ0) is 36.9. The first kappa shape index (κ1) is 42.9. The molecule has 0 spiro atoms. The Morgan fingerprint density at radius 1 is 0.735 bits per heavy atom. The molecule has 2 aliphatic carbocycles. The highest BCUT2D eigenvalue weighted by atomic mass is 16.6. The first-order chi connectivity index (χ1) is 23.2. The van der Waals surface area contributed by atoms with Gasteiger partial charge in [0.2, 0.25) is 5.91 Å². The van der Waals surface area contributed by atoms with E-state index < -0.39 is 34.9 Å². The molecule has 0 aromatic heterocycles. The fraction of sp³-hybridized carbons (Fsp3) is 0.667. The van der Waals surface area contributed by atoms with Gasteiger partial charge in [-0.1, -0.05) is 52.4 Å². The summed E-state index contributed by atoms with van der Waals surface area (Å²) in [5.74, 6) is -7.09. The molecule has 16 nitrogen and oxygen atoms in total. The topological polar surface area (TPSA) is 239 Å². The molecular formula is C33H52N4O12. The molecule has 276 valence electrons. The molecular weight excluding hydrogens is 644 g/mol. The molecule has 0 radical (unpaired) electrons. The molecule has 0 bridgehead atoms. The van der Waals surface area contributed by atoms with Crippen molar-refractivity contribution in [1.82, 2.24) is 14.7 Å². The summed E-state index contributed by atoms with van der Waals surface area (Å²) >= 11 is 0. The second-order valence-corrected chi connectivity index (χ2v) is 12.1. The Bertz CT molecular complexity index is 1130. The van der Waals surface area contributed by atoms with E-state index >= 15 is 0 Å². The number of non-ortho nitro benzene ring substituents is 1. The summed E-state index contributed by atoms with van der Waals surface area (Å²) in [5.41, 5.74) is 0.654. The summed E-state index contributed by atoms with van der Waals surface area (Å²) in [6.45, 7) is 8.66. The van der Waals surface area contributed by atoms with Gasteiger partial charge in [0.25, 0.3) is 5.69 Å². The second-order valence-electron chi connectivity index (χ2n) is 12.1. The van der Waals surface area contributed by atoms with Crippen molar-refractivity contribution < 1.29 is 54.4 Å². The molecule has 2 fully saturated rings.